The second-order valence-corrected chi connectivity index (χ2v) is 10.8. The van der Waals surface area contributed by atoms with Crippen LogP contribution in [-0.4, -0.2) is 36.9 Å². The summed E-state index contributed by atoms with van der Waals surface area (Å²) in [6, 6.07) is 22.7. The van der Waals surface area contributed by atoms with Gasteiger partial charge in [-0.1, -0.05) is 76.6 Å². The molecule has 3 aromatic carbocycles. The maximum absolute atomic E-state index is 13.2. The van der Waals surface area contributed by atoms with Gasteiger partial charge in [-0.15, -0.1) is 12.6 Å². The number of aliphatic carboxylic acids is 1. The number of allylic oxidation sites excluding steroid dienone is 1. The van der Waals surface area contributed by atoms with Crippen molar-refractivity contribution >= 4 is 63.4 Å². The normalized spacial score (nSPS) is 19.9. The van der Waals surface area contributed by atoms with Crippen molar-refractivity contribution in [3.05, 3.63) is 117 Å². The monoisotopic (exact) mass is 582 g/mol. The zero-order chi connectivity index (χ0) is 25.7. The maximum atomic E-state index is 13.2. The van der Waals surface area contributed by atoms with E-state index < -0.39 is 28.5 Å². The number of hydrogen-bond acceptors (Lipinski definition) is 5. The predicted octanol–water partition coefficient (Wildman–Crippen LogP) is 5.12. The highest BCUT2D eigenvalue weighted by Gasteiger charge is 2.41. The molecule has 1 aliphatic heterocycles. The lowest BCUT2D eigenvalue weighted by atomic mass is 10.1. The van der Waals surface area contributed by atoms with E-state index in [0.717, 1.165) is 21.2 Å². The van der Waals surface area contributed by atoms with Gasteiger partial charge in [0.25, 0.3) is 0 Å². The molecule has 1 unspecified atom stereocenters. The summed E-state index contributed by atoms with van der Waals surface area (Å²) in [6.07, 6.45) is 5.17. The summed E-state index contributed by atoms with van der Waals surface area (Å²) in [6.45, 7) is 0. The highest BCUT2D eigenvalue weighted by atomic mass is 79.9. The Kier molecular flexibility index (Phi) is 8.58. The Morgan fingerprint density at radius 3 is 2.31 bits per heavy atom. The molecule has 184 valence electrons. The molecule has 4 rings (SSSR count). The van der Waals surface area contributed by atoms with Crippen molar-refractivity contribution in [3.63, 3.8) is 0 Å². The molecule has 0 radical (unpaired) electrons. The molecule has 0 amide bonds. The number of nitrogens with zero attached hydrogens (tertiary/aromatic N) is 1. The number of carboxylic acid groups (broad SMARTS) is 1. The van der Waals surface area contributed by atoms with E-state index in [9.17, 15) is 18.9 Å². The summed E-state index contributed by atoms with van der Waals surface area (Å²) in [4.78, 5) is 24.3. The second kappa shape index (κ2) is 11.8. The fraction of sp³-hybridized carbons (Fsp3) is 0.111. The van der Waals surface area contributed by atoms with Gasteiger partial charge < -0.3 is 10.4 Å². The number of hydrogen-bond donors (Lipinski definition) is 3. The third-order valence-corrected chi connectivity index (χ3v) is 8.07. The lowest BCUT2D eigenvalue weighted by Gasteiger charge is -2.24. The third kappa shape index (κ3) is 6.41. The van der Waals surface area contributed by atoms with Crippen LogP contribution in [0.4, 0.5) is 0 Å². The summed E-state index contributed by atoms with van der Waals surface area (Å²) in [5, 5.41) is 13.2. The SMILES string of the molecule is O=C(/C=C/c1ccc(/C=C2/N[C@H](S)N([C@@H](Cc3ccccc3)C(=O)O)S2=O)cc1)c1ccc(Br)cc1. The number of rotatable bonds is 8. The molecule has 2 N–H and O–H groups in total. The van der Waals surface area contributed by atoms with Gasteiger partial charge in [-0.2, -0.15) is 4.31 Å². The molecule has 1 aliphatic rings. The molecule has 6 nitrogen and oxygen atoms in total. The molecule has 1 fully saturated rings. The Labute approximate surface area is 225 Å². The van der Waals surface area contributed by atoms with Gasteiger partial charge in [-0.3, -0.25) is 9.59 Å². The van der Waals surface area contributed by atoms with E-state index in [1.165, 1.54) is 10.4 Å². The molecule has 3 aromatic rings. The van der Waals surface area contributed by atoms with Crippen LogP contribution in [0.3, 0.4) is 0 Å². The van der Waals surface area contributed by atoms with Crippen LogP contribution in [0.25, 0.3) is 12.2 Å². The Hall–Kier alpha value is -2.98. The van der Waals surface area contributed by atoms with Crippen molar-refractivity contribution in [2.75, 3.05) is 0 Å². The van der Waals surface area contributed by atoms with E-state index in [4.69, 9.17) is 0 Å². The van der Waals surface area contributed by atoms with Crippen LogP contribution < -0.4 is 5.32 Å². The van der Waals surface area contributed by atoms with E-state index in [0.29, 0.717) is 10.6 Å². The number of carbonyl (C=O) groups excluding carboxylic acids is 1. The van der Waals surface area contributed by atoms with Crippen molar-refractivity contribution < 1.29 is 18.9 Å². The number of benzene rings is 3. The lowest BCUT2D eigenvalue weighted by Crippen LogP contribution is -2.45. The Bertz CT molecular complexity index is 1330. The number of carboxylic acids is 1. The van der Waals surface area contributed by atoms with Crippen molar-refractivity contribution in [2.45, 2.75) is 18.0 Å². The molecule has 36 heavy (non-hydrogen) atoms. The van der Waals surface area contributed by atoms with Crippen molar-refractivity contribution in [3.8, 4) is 0 Å². The molecule has 0 spiro atoms. The highest BCUT2D eigenvalue weighted by molar-refractivity contribution is 9.10. The maximum Gasteiger partial charge on any atom is 0.322 e. The predicted molar refractivity (Wildman–Crippen MR) is 149 cm³/mol. The number of nitrogens with one attached hydrogen (secondary N) is 1. The number of carbonyl (C=O) groups is 2. The average molecular weight is 584 g/mol. The van der Waals surface area contributed by atoms with Crippen LogP contribution in [0.1, 0.15) is 27.0 Å². The standard InChI is InChI=1S/C27H23BrN2O4S2/c28-22-13-11-21(12-14-22)24(31)15-10-18-6-8-20(9-7-18)17-25-29-27(35)30(36(25)34)23(26(32)33)16-19-4-2-1-3-5-19/h1-15,17,23,27,29,35H,16H2,(H,32,33)/b15-10+,25-17-/t23-,27-,36?/m0/s1. The van der Waals surface area contributed by atoms with Crippen LogP contribution in [0.15, 0.2) is 94.4 Å². The van der Waals surface area contributed by atoms with Crippen LogP contribution in [0.2, 0.25) is 0 Å². The summed E-state index contributed by atoms with van der Waals surface area (Å²) in [7, 11) is -1.73. The van der Waals surface area contributed by atoms with Gasteiger partial charge in [0.2, 0.25) is 0 Å². The van der Waals surface area contributed by atoms with E-state index in [-0.39, 0.29) is 12.2 Å². The van der Waals surface area contributed by atoms with Gasteiger partial charge in [0.05, 0.1) is 0 Å². The van der Waals surface area contributed by atoms with Gasteiger partial charge in [-0.05, 0) is 59.5 Å². The quantitative estimate of drug-likeness (QED) is 0.195. The van der Waals surface area contributed by atoms with Crippen LogP contribution >= 0.6 is 28.6 Å². The van der Waals surface area contributed by atoms with Crippen molar-refractivity contribution in [1.29, 1.82) is 0 Å². The van der Waals surface area contributed by atoms with E-state index >= 15 is 0 Å². The summed E-state index contributed by atoms with van der Waals surface area (Å²) in [5.74, 6) is -1.16. The fourth-order valence-corrected chi connectivity index (χ4v) is 5.90. The lowest BCUT2D eigenvalue weighted by molar-refractivity contribution is -0.141. The zero-order valence-electron chi connectivity index (χ0n) is 19.0. The highest BCUT2D eigenvalue weighted by Crippen LogP contribution is 2.27. The first-order valence-corrected chi connectivity index (χ1v) is 13.4. The third-order valence-electron chi connectivity index (χ3n) is 5.55. The minimum atomic E-state index is -1.73. The minimum absolute atomic E-state index is 0.0948. The number of thiol groups is 1. The molecule has 0 saturated carbocycles. The molecule has 0 aliphatic carbocycles. The topological polar surface area (TPSA) is 86.7 Å². The molecule has 1 saturated heterocycles. The fourth-order valence-electron chi connectivity index (χ4n) is 3.68. The molecular weight excluding hydrogens is 560 g/mol. The van der Waals surface area contributed by atoms with Gasteiger partial charge in [0.15, 0.2) is 5.78 Å². The molecule has 9 heteroatoms. The summed E-state index contributed by atoms with van der Waals surface area (Å²) < 4.78 is 15.5. The molecule has 3 atom stereocenters. The smallest absolute Gasteiger partial charge is 0.322 e. The number of ketones is 1. The van der Waals surface area contributed by atoms with Crippen molar-refractivity contribution in [1.82, 2.24) is 9.62 Å². The van der Waals surface area contributed by atoms with Gasteiger partial charge >= 0.3 is 5.97 Å². The largest absolute Gasteiger partial charge is 0.480 e. The van der Waals surface area contributed by atoms with Crippen LogP contribution in [0.5, 0.6) is 0 Å². The van der Waals surface area contributed by atoms with Crippen LogP contribution in [0, 0.1) is 0 Å². The second-order valence-electron chi connectivity index (χ2n) is 8.05. The zero-order valence-corrected chi connectivity index (χ0v) is 22.2. The van der Waals surface area contributed by atoms with Gasteiger partial charge in [0.1, 0.15) is 27.6 Å². The first-order chi connectivity index (χ1) is 17.3. The minimum Gasteiger partial charge on any atom is -0.480 e. The number of halogens is 1. The Morgan fingerprint density at radius 1 is 1.03 bits per heavy atom. The summed E-state index contributed by atoms with van der Waals surface area (Å²) in [5.41, 5.74) is 2.34. The first-order valence-electron chi connectivity index (χ1n) is 11.0. The van der Waals surface area contributed by atoms with E-state index in [1.54, 1.807) is 24.3 Å². The molecular formula is C27H23BrN2O4S2. The summed E-state index contributed by atoms with van der Waals surface area (Å²) >= 11 is 7.80. The molecule has 0 bridgehead atoms. The van der Waals surface area contributed by atoms with Gasteiger partial charge in [-0.25, -0.2) is 4.21 Å². The van der Waals surface area contributed by atoms with E-state index in [2.05, 4.69) is 33.9 Å². The Morgan fingerprint density at radius 2 is 1.67 bits per heavy atom. The average Bonchev–Trinajstić information content (AvgIpc) is 3.15. The molecule has 0 aromatic heterocycles. The van der Waals surface area contributed by atoms with Crippen molar-refractivity contribution in [2.24, 2.45) is 0 Å². The van der Waals surface area contributed by atoms with E-state index in [1.807, 2.05) is 66.7 Å². The van der Waals surface area contributed by atoms with Gasteiger partial charge in [0, 0.05) is 10.0 Å². The van der Waals surface area contributed by atoms with Crippen LogP contribution in [-0.2, 0) is 22.2 Å². The molecule has 1 heterocycles. The first kappa shape index (κ1) is 26.1. The Balaban J connectivity index is 1.46.